The minimum absolute atomic E-state index is 0.0224. The molecule has 2 amide bonds. The number of aryl methyl sites for hydroxylation is 1. The van der Waals surface area contributed by atoms with Crippen LogP contribution in [0.2, 0.25) is 0 Å². The summed E-state index contributed by atoms with van der Waals surface area (Å²) in [5.74, 6) is -0.931. The van der Waals surface area contributed by atoms with Gasteiger partial charge in [0, 0.05) is 42.7 Å². The molecular weight excluding hydrogens is 480 g/mol. The van der Waals surface area contributed by atoms with Crippen molar-refractivity contribution >= 4 is 33.2 Å². The Morgan fingerprint density at radius 3 is 2.61 bits per heavy atom. The van der Waals surface area contributed by atoms with Gasteiger partial charge in [-0.2, -0.15) is 4.31 Å². The van der Waals surface area contributed by atoms with Crippen molar-refractivity contribution in [1.29, 1.82) is 0 Å². The number of hydrogen-bond acceptors (Lipinski definition) is 6. The first-order valence-electron chi connectivity index (χ1n) is 11.6. The number of benzene rings is 2. The summed E-state index contributed by atoms with van der Waals surface area (Å²) in [4.78, 5) is 29.7. The second kappa shape index (κ2) is 11.0. The number of anilines is 2. The number of aliphatic hydroxyl groups excluding tert-OH is 1. The summed E-state index contributed by atoms with van der Waals surface area (Å²) in [6.45, 7) is 2.36. The van der Waals surface area contributed by atoms with Crippen molar-refractivity contribution < 1.29 is 23.1 Å². The van der Waals surface area contributed by atoms with Gasteiger partial charge in [-0.05, 0) is 73.7 Å². The number of carbonyl (C=O) groups is 2. The SMILES string of the molecule is Cc1ccc(NC(=O)c2cccc(S(=O)(=O)N3CCCC(CO)C3)c2)cc1C(=O)Nc1cccnc1. The number of pyridine rings is 1. The van der Waals surface area contributed by atoms with E-state index in [4.69, 9.17) is 0 Å². The lowest BCUT2D eigenvalue weighted by Gasteiger charge is -2.31. The van der Waals surface area contributed by atoms with E-state index in [-0.39, 0.29) is 35.4 Å². The van der Waals surface area contributed by atoms with Crippen LogP contribution in [0.3, 0.4) is 0 Å². The van der Waals surface area contributed by atoms with Crippen LogP contribution in [0.5, 0.6) is 0 Å². The smallest absolute Gasteiger partial charge is 0.256 e. The third-order valence-corrected chi connectivity index (χ3v) is 7.99. The van der Waals surface area contributed by atoms with Crippen molar-refractivity contribution in [3.63, 3.8) is 0 Å². The standard InChI is InChI=1S/C26H28N4O5S/c1-18-9-10-21(14-24(18)26(33)29-22-7-3-11-27-15-22)28-25(32)20-6-2-8-23(13-20)36(34,35)30-12-4-5-19(16-30)17-31/h2-3,6-11,13-15,19,31H,4-5,12,16-17H2,1H3,(H,28,32)(H,29,33). The number of nitrogens with zero attached hydrogens (tertiary/aromatic N) is 2. The van der Waals surface area contributed by atoms with Crippen LogP contribution in [-0.4, -0.2) is 54.3 Å². The van der Waals surface area contributed by atoms with Gasteiger partial charge in [-0.25, -0.2) is 8.42 Å². The number of rotatable bonds is 7. The number of aliphatic hydroxyl groups is 1. The average Bonchev–Trinajstić information content (AvgIpc) is 2.90. The molecule has 1 aliphatic heterocycles. The molecule has 4 rings (SSSR count). The maximum Gasteiger partial charge on any atom is 0.256 e. The molecule has 1 saturated heterocycles. The molecule has 0 aliphatic carbocycles. The Kier molecular flexibility index (Phi) is 7.78. The van der Waals surface area contributed by atoms with Crippen LogP contribution in [0, 0.1) is 12.8 Å². The molecule has 1 fully saturated rings. The molecule has 2 heterocycles. The van der Waals surface area contributed by atoms with E-state index in [0.29, 0.717) is 29.9 Å². The zero-order valence-electron chi connectivity index (χ0n) is 19.8. The predicted molar refractivity (Wildman–Crippen MR) is 136 cm³/mol. The van der Waals surface area contributed by atoms with E-state index in [0.717, 1.165) is 12.0 Å². The topological polar surface area (TPSA) is 129 Å². The van der Waals surface area contributed by atoms with Gasteiger partial charge in [-0.15, -0.1) is 0 Å². The molecule has 1 aliphatic rings. The predicted octanol–water partition coefficient (Wildman–Crippen LogP) is 3.29. The van der Waals surface area contributed by atoms with Gasteiger partial charge < -0.3 is 15.7 Å². The lowest BCUT2D eigenvalue weighted by Crippen LogP contribution is -2.40. The molecule has 3 aromatic rings. The zero-order valence-corrected chi connectivity index (χ0v) is 20.7. The third-order valence-electron chi connectivity index (χ3n) is 6.13. The van der Waals surface area contributed by atoms with Gasteiger partial charge in [0.05, 0.1) is 16.8 Å². The van der Waals surface area contributed by atoms with Gasteiger partial charge in [0.2, 0.25) is 10.0 Å². The minimum atomic E-state index is -3.80. The molecule has 188 valence electrons. The van der Waals surface area contributed by atoms with Crippen molar-refractivity contribution in [2.75, 3.05) is 30.3 Å². The van der Waals surface area contributed by atoms with E-state index in [2.05, 4.69) is 15.6 Å². The Hall–Kier alpha value is -3.60. The fourth-order valence-electron chi connectivity index (χ4n) is 4.12. The molecular formula is C26H28N4O5S. The summed E-state index contributed by atoms with van der Waals surface area (Å²) in [6, 6.07) is 14.3. The van der Waals surface area contributed by atoms with Crippen LogP contribution in [0.1, 0.15) is 39.1 Å². The Morgan fingerprint density at radius 1 is 1.06 bits per heavy atom. The second-order valence-corrected chi connectivity index (χ2v) is 10.7. The van der Waals surface area contributed by atoms with Crippen LogP contribution < -0.4 is 10.6 Å². The van der Waals surface area contributed by atoms with Crippen LogP contribution in [0.15, 0.2) is 71.9 Å². The highest BCUT2D eigenvalue weighted by molar-refractivity contribution is 7.89. The van der Waals surface area contributed by atoms with Gasteiger partial charge >= 0.3 is 0 Å². The molecule has 0 bridgehead atoms. The number of piperidine rings is 1. The minimum Gasteiger partial charge on any atom is -0.396 e. The van der Waals surface area contributed by atoms with Gasteiger partial charge in [0.15, 0.2) is 0 Å². The summed E-state index contributed by atoms with van der Waals surface area (Å²) >= 11 is 0. The molecule has 0 saturated carbocycles. The van der Waals surface area contributed by atoms with Gasteiger partial charge in [-0.1, -0.05) is 12.1 Å². The van der Waals surface area contributed by atoms with Gasteiger partial charge in [-0.3, -0.25) is 14.6 Å². The number of nitrogens with one attached hydrogen (secondary N) is 2. The van der Waals surface area contributed by atoms with E-state index in [1.54, 1.807) is 43.5 Å². The molecule has 36 heavy (non-hydrogen) atoms. The zero-order chi connectivity index (χ0) is 25.7. The summed E-state index contributed by atoms with van der Waals surface area (Å²) in [5, 5.41) is 15.0. The van der Waals surface area contributed by atoms with Crippen molar-refractivity contribution in [3.05, 3.63) is 83.7 Å². The molecule has 0 radical (unpaired) electrons. The van der Waals surface area contributed by atoms with Crippen LogP contribution in [0.25, 0.3) is 0 Å². The third kappa shape index (κ3) is 5.78. The Bertz CT molecular complexity index is 1360. The van der Waals surface area contributed by atoms with Crippen molar-refractivity contribution in [3.8, 4) is 0 Å². The average molecular weight is 509 g/mol. The van der Waals surface area contributed by atoms with Crippen LogP contribution in [0.4, 0.5) is 11.4 Å². The highest BCUT2D eigenvalue weighted by atomic mass is 32.2. The van der Waals surface area contributed by atoms with E-state index in [9.17, 15) is 23.1 Å². The summed E-state index contributed by atoms with van der Waals surface area (Å²) in [5.41, 5.74) is 2.24. The van der Waals surface area contributed by atoms with Crippen LogP contribution in [-0.2, 0) is 10.0 Å². The molecule has 9 nitrogen and oxygen atoms in total. The van der Waals surface area contributed by atoms with E-state index >= 15 is 0 Å². The van der Waals surface area contributed by atoms with E-state index < -0.39 is 15.9 Å². The first kappa shape index (κ1) is 25.5. The van der Waals surface area contributed by atoms with Crippen molar-refractivity contribution in [2.24, 2.45) is 5.92 Å². The van der Waals surface area contributed by atoms with Crippen LogP contribution >= 0.6 is 0 Å². The van der Waals surface area contributed by atoms with Gasteiger partial charge in [0.25, 0.3) is 11.8 Å². The normalized spacial score (nSPS) is 16.3. The monoisotopic (exact) mass is 508 g/mol. The second-order valence-electron chi connectivity index (χ2n) is 8.76. The highest BCUT2D eigenvalue weighted by Gasteiger charge is 2.30. The number of sulfonamides is 1. The Balaban J connectivity index is 1.51. The largest absolute Gasteiger partial charge is 0.396 e. The lowest BCUT2D eigenvalue weighted by atomic mass is 10.0. The fourth-order valence-corrected chi connectivity index (χ4v) is 5.72. The number of carbonyl (C=O) groups excluding carboxylic acids is 2. The summed E-state index contributed by atoms with van der Waals surface area (Å²) in [7, 11) is -3.80. The molecule has 1 unspecified atom stereocenters. The van der Waals surface area contributed by atoms with Crippen molar-refractivity contribution in [1.82, 2.24) is 9.29 Å². The maximum absolute atomic E-state index is 13.2. The quantitative estimate of drug-likeness (QED) is 0.449. The highest BCUT2D eigenvalue weighted by Crippen LogP contribution is 2.25. The lowest BCUT2D eigenvalue weighted by molar-refractivity contribution is 0.101. The first-order valence-corrected chi connectivity index (χ1v) is 13.1. The summed E-state index contributed by atoms with van der Waals surface area (Å²) < 4.78 is 27.7. The fraction of sp³-hybridized carbons (Fsp3) is 0.269. The number of amides is 2. The van der Waals surface area contributed by atoms with Gasteiger partial charge in [0.1, 0.15) is 0 Å². The molecule has 1 atom stereocenters. The molecule has 1 aromatic heterocycles. The van der Waals surface area contributed by atoms with E-state index in [1.807, 2.05) is 0 Å². The first-order chi connectivity index (χ1) is 17.3. The van der Waals surface area contributed by atoms with Crippen molar-refractivity contribution in [2.45, 2.75) is 24.7 Å². The Labute approximate surface area is 210 Å². The molecule has 0 spiro atoms. The molecule has 2 aromatic carbocycles. The number of hydrogen-bond donors (Lipinski definition) is 3. The maximum atomic E-state index is 13.2. The molecule has 3 N–H and O–H groups in total. The van der Waals surface area contributed by atoms with E-state index in [1.165, 1.54) is 34.8 Å². The number of aromatic nitrogens is 1. The molecule has 10 heteroatoms. The Morgan fingerprint density at radius 2 is 1.86 bits per heavy atom. The summed E-state index contributed by atoms with van der Waals surface area (Å²) in [6.07, 6.45) is 4.60.